The zero-order valence-corrected chi connectivity index (χ0v) is 13.9. The number of hydrogen-bond donors (Lipinski definition) is 1. The Morgan fingerprint density at radius 2 is 2.05 bits per heavy atom. The van der Waals surface area contributed by atoms with Crippen LogP contribution in [0.25, 0.3) is 0 Å². The molecule has 0 atom stereocenters. The Labute approximate surface area is 126 Å². The summed E-state index contributed by atoms with van der Waals surface area (Å²) in [5.74, 6) is 0.479. The summed E-state index contributed by atoms with van der Waals surface area (Å²) < 4.78 is 5.53. The highest BCUT2D eigenvalue weighted by molar-refractivity contribution is 7.15. The van der Waals surface area contributed by atoms with Gasteiger partial charge in [0.2, 0.25) is 0 Å². The molecule has 1 aliphatic rings. The van der Waals surface area contributed by atoms with E-state index in [1.807, 2.05) is 11.3 Å². The molecule has 1 aliphatic heterocycles. The topological polar surface area (TPSA) is 37.4 Å². The quantitative estimate of drug-likeness (QED) is 0.906. The number of hydrogen-bond acceptors (Lipinski definition) is 5. The van der Waals surface area contributed by atoms with Crippen LogP contribution in [0.3, 0.4) is 0 Å². The SMILES string of the molecule is CC(C)NCc1sc(N2CCCOCC2)nc1C(C)C. The van der Waals surface area contributed by atoms with Gasteiger partial charge in [0.1, 0.15) is 0 Å². The van der Waals surface area contributed by atoms with Gasteiger partial charge in [0, 0.05) is 37.2 Å². The number of rotatable bonds is 5. The molecule has 4 nitrogen and oxygen atoms in total. The molecule has 1 N–H and O–H groups in total. The second-order valence-electron chi connectivity index (χ2n) is 5.95. The number of nitrogens with one attached hydrogen (secondary N) is 1. The fourth-order valence-electron chi connectivity index (χ4n) is 2.30. The normalized spacial score (nSPS) is 17.0. The lowest BCUT2D eigenvalue weighted by atomic mass is 10.1. The molecule has 2 heterocycles. The number of anilines is 1. The van der Waals surface area contributed by atoms with Crippen molar-refractivity contribution in [3.8, 4) is 0 Å². The van der Waals surface area contributed by atoms with Crippen LogP contribution >= 0.6 is 11.3 Å². The predicted molar refractivity (Wildman–Crippen MR) is 85.8 cm³/mol. The minimum Gasteiger partial charge on any atom is -0.380 e. The third-order valence-corrected chi connectivity index (χ3v) is 4.56. The van der Waals surface area contributed by atoms with E-state index in [4.69, 9.17) is 9.72 Å². The summed E-state index contributed by atoms with van der Waals surface area (Å²) in [7, 11) is 0. The molecule has 1 aromatic heterocycles. The molecule has 1 saturated heterocycles. The number of ether oxygens (including phenoxy) is 1. The van der Waals surface area contributed by atoms with Crippen molar-refractivity contribution >= 4 is 16.5 Å². The summed E-state index contributed by atoms with van der Waals surface area (Å²) in [6.07, 6.45) is 1.09. The monoisotopic (exact) mass is 297 g/mol. The highest BCUT2D eigenvalue weighted by atomic mass is 32.1. The van der Waals surface area contributed by atoms with Crippen molar-refractivity contribution in [1.29, 1.82) is 0 Å². The van der Waals surface area contributed by atoms with E-state index >= 15 is 0 Å². The summed E-state index contributed by atoms with van der Waals surface area (Å²) in [5.41, 5.74) is 1.25. The second-order valence-corrected chi connectivity index (χ2v) is 7.01. The molecule has 1 fully saturated rings. The van der Waals surface area contributed by atoms with Crippen LogP contribution in [0.5, 0.6) is 0 Å². The average molecular weight is 297 g/mol. The summed E-state index contributed by atoms with van der Waals surface area (Å²) in [6, 6.07) is 0.507. The highest BCUT2D eigenvalue weighted by Crippen LogP contribution is 2.31. The standard InChI is InChI=1S/C15H27N3OS/c1-11(2)14-13(10-16-12(3)4)20-15(17-14)18-6-5-8-19-9-7-18/h11-12,16H,5-10H2,1-4H3. The van der Waals surface area contributed by atoms with Gasteiger partial charge in [-0.3, -0.25) is 0 Å². The summed E-state index contributed by atoms with van der Waals surface area (Å²) >= 11 is 1.84. The minimum atomic E-state index is 0.479. The van der Waals surface area contributed by atoms with Gasteiger partial charge in [-0.2, -0.15) is 0 Å². The number of aromatic nitrogens is 1. The van der Waals surface area contributed by atoms with Crippen LogP contribution in [-0.4, -0.2) is 37.3 Å². The van der Waals surface area contributed by atoms with Crippen molar-refractivity contribution < 1.29 is 4.74 Å². The van der Waals surface area contributed by atoms with Gasteiger partial charge in [-0.05, 0) is 12.3 Å². The zero-order valence-electron chi connectivity index (χ0n) is 13.1. The van der Waals surface area contributed by atoms with Crippen LogP contribution in [0, 0.1) is 0 Å². The summed E-state index contributed by atoms with van der Waals surface area (Å²) in [4.78, 5) is 8.66. The summed E-state index contributed by atoms with van der Waals surface area (Å²) in [5, 5.41) is 4.68. The molecule has 0 bridgehead atoms. The molecular weight excluding hydrogens is 270 g/mol. The predicted octanol–water partition coefficient (Wildman–Crippen LogP) is 2.99. The average Bonchev–Trinajstić information content (AvgIpc) is 2.63. The van der Waals surface area contributed by atoms with Crippen LogP contribution in [0.15, 0.2) is 0 Å². The van der Waals surface area contributed by atoms with Crippen molar-refractivity contribution in [2.45, 2.75) is 52.6 Å². The van der Waals surface area contributed by atoms with E-state index in [-0.39, 0.29) is 0 Å². The molecule has 0 saturated carbocycles. The van der Waals surface area contributed by atoms with E-state index in [2.05, 4.69) is 37.9 Å². The van der Waals surface area contributed by atoms with Gasteiger partial charge in [0.05, 0.1) is 12.3 Å². The van der Waals surface area contributed by atoms with Crippen molar-refractivity contribution in [2.24, 2.45) is 0 Å². The Bertz CT molecular complexity index is 409. The molecule has 0 aromatic carbocycles. The molecule has 114 valence electrons. The Kier molecular flexibility index (Phi) is 5.81. The maximum absolute atomic E-state index is 5.53. The molecule has 0 spiro atoms. The van der Waals surface area contributed by atoms with Gasteiger partial charge < -0.3 is 15.0 Å². The second kappa shape index (κ2) is 7.38. The lowest BCUT2D eigenvalue weighted by Crippen LogP contribution is -2.25. The Morgan fingerprint density at radius 1 is 1.25 bits per heavy atom. The largest absolute Gasteiger partial charge is 0.380 e. The van der Waals surface area contributed by atoms with Gasteiger partial charge >= 0.3 is 0 Å². The molecule has 20 heavy (non-hydrogen) atoms. The van der Waals surface area contributed by atoms with Gasteiger partial charge in [0.25, 0.3) is 0 Å². The zero-order chi connectivity index (χ0) is 14.5. The molecular formula is C15H27N3OS. The van der Waals surface area contributed by atoms with E-state index < -0.39 is 0 Å². The van der Waals surface area contributed by atoms with Gasteiger partial charge in [-0.15, -0.1) is 11.3 Å². The van der Waals surface area contributed by atoms with Crippen molar-refractivity contribution in [3.05, 3.63) is 10.6 Å². The molecule has 0 radical (unpaired) electrons. The molecule has 0 aliphatic carbocycles. The fraction of sp³-hybridized carbons (Fsp3) is 0.800. The first kappa shape index (κ1) is 15.7. The van der Waals surface area contributed by atoms with E-state index in [0.717, 1.165) is 39.3 Å². The molecule has 0 unspecified atom stereocenters. The van der Waals surface area contributed by atoms with Crippen molar-refractivity contribution in [2.75, 3.05) is 31.2 Å². The molecule has 2 rings (SSSR count). The third-order valence-electron chi connectivity index (χ3n) is 3.43. The van der Waals surface area contributed by atoms with Gasteiger partial charge in [-0.1, -0.05) is 27.7 Å². The Hall–Kier alpha value is -0.650. The number of thiazole rings is 1. The van der Waals surface area contributed by atoms with Crippen LogP contribution in [0.1, 0.15) is 50.6 Å². The van der Waals surface area contributed by atoms with Crippen molar-refractivity contribution in [1.82, 2.24) is 10.3 Å². The van der Waals surface area contributed by atoms with Crippen molar-refractivity contribution in [3.63, 3.8) is 0 Å². The lowest BCUT2D eigenvalue weighted by Gasteiger charge is -2.17. The first-order valence-electron chi connectivity index (χ1n) is 7.63. The Morgan fingerprint density at radius 3 is 2.75 bits per heavy atom. The van der Waals surface area contributed by atoms with Gasteiger partial charge in [0.15, 0.2) is 5.13 Å². The fourth-order valence-corrected chi connectivity index (χ4v) is 3.52. The van der Waals surface area contributed by atoms with E-state index in [9.17, 15) is 0 Å². The smallest absolute Gasteiger partial charge is 0.185 e. The maximum Gasteiger partial charge on any atom is 0.185 e. The molecule has 0 amide bonds. The van der Waals surface area contributed by atoms with Crippen LogP contribution < -0.4 is 10.2 Å². The van der Waals surface area contributed by atoms with Gasteiger partial charge in [-0.25, -0.2) is 4.98 Å². The highest BCUT2D eigenvalue weighted by Gasteiger charge is 2.19. The van der Waals surface area contributed by atoms with Crippen LogP contribution in [0.4, 0.5) is 5.13 Å². The molecule has 1 aromatic rings. The maximum atomic E-state index is 5.53. The lowest BCUT2D eigenvalue weighted by molar-refractivity contribution is 0.152. The van der Waals surface area contributed by atoms with E-state index in [0.29, 0.717) is 12.0 Å². The number of nitrogens with zero attached hydrogens (tertiary/aromatic N) is 2. The first-order valence-corrected chi connectivity index (χ1v) is 8.45. The van der Waals surface area contributed by atoms with Crippen LogP contribution in [0.2, 0.25) is 0 Å². The third kappa shape index (κ3) is 4.17. The summed E-state index contributed by atoms with van der Waals surface area (Å²) in [6.45, 7) is 13.5. The Balaban J connectivity index is 2.14. The minimum absolute atomic E-state index is 0.479. The first-order chi connectivity index (χ1) is 9.58. The van der Waals surface area contributed by atoms with E-state index in [1.54, 1.807) is 0 Å². The molecule has 5 heteroatoms. The van der Waals surface area contributed by atoms with Crippen LogP contribution in [-0.2, 0) is 11.3 Å². The van der Waals surface area contributed by atoms with E-state index in [1.165, 1.54) is 15.7 Å².